The van der Waals surface area contributed by atoms with Crippen LogP contribution in [0.3, 0.4) is 0 Å². The molecule has 0 saturated carbocycles. The van der Waals surface area contributed by atoms with E-state index in [2.05, 4.69) is 120 Å². The Balaban J connectivity index is 2.01. The topological polar surface area (TPSA) is 0 Å². The molecule has 0 bridgehead atoms. The highest BCUT2D eigenvalue weighted by Gasteiger charge is 2.48. The SMILES string of the molecule is CCC1=Cc2c(C(C)C)ccc(C(C)C)c2C1C(C)(C)C1C(CC)=Cc2c(C(C)C)ccc(C(C)C)c21. The molecule has 2 aliphatic carbocycles. The standard InChI is InChI=1S/C37H52/c1-13-25-19-31-27(21(3)4)15-17-29(23(7)8)33(31)35(25)37(11,12)36-26(14-2)20-32-28(22(5)6)16-18-30(24(9)10)34(32)36/h15-24,35-36H,13-14H2,1-12H3. The lowest BCUT2D eigenvalue weighted by Crippen LogP contribution is -2.32. The zero-order chi connectivity index (χ0) is 27.4. The van der Waals surface area contributed by atoms with Gasteiger partial charge in [-0.05, 0) is 86.4 Å². The molecular formula is C37H52. The van der Waals surface area contributed by atoms with Crippen LogP contribution >= 0.6 is 0 Å². The molecule has 2 unspecified atom stereocenters. The molecule has 0 heterocycles. The third-order valence-electron chi connectivity index (χ3n) is 9.48. The van der Waals surface area contributed by atoms with E-state index >= 15 is 0 Å². The van der Waals surface area contributed by atoms with Gasteiger partial charge in [0.05, 0.1) is 0 Å². The number of hydrogen-bond donors (Lipinski definition) is 0. The summed E-state index contributed by atoms with van der Waals surface area (Å²) in [4.78, 5) is 0. The Bertz CT molecular complexity index is 1130. The van der Waals surface area contributed by atoms with Crippen molar-refractivity contribution in [2.24, 2.45) is 5.41 Å². The van der Waals surface area contributed by atoms with Gasteiger partial charge in [-0.3, -0.25) is 0 Å². The van der Waals surface area contributed by atoms with Gasteiger partial charge < -0.3 is 0 Å². The summed E-state index contributed by atoms with van der Waals surface area (Å²) in [5.41, 5.74) is 15.8. The van der Waals surface area contributed by atoms with E-state index in [1.54, 1.807) is 33.4 Å². The van der Waals surface area contributed by atoms with Crippen molar-refractivity contribution in [3.8, 4) is 0 Å². The zero-order valence-corrected chi connectivity index (χ0v) is 25.8. The van der Waals surface area contributed by atoms with Crippen LogP contribution in [-0.4, -0.2) is 0 Å². The Kier molecular flexibility index (Phi) is 7.73. The lowest BCUT2D eigenvalue weighted by Gasteiger charge is -2.43. The lowest BCUT2D eigenvalue weighted by molar-refractivity contribution is 0.267. The van der Waals surface area contributed by atoms with Crippen molar-refractivity contribution in [1.29, 1.82) is 0 Å². The maximum Gasteiger partial charge on any atom is 0.0120 e. The van der Waals surface area contributed by atoms with Gasteiger partial charge in [-0.2, -0.15) is 0 Å². The Morgan fingerprint density at radius 3 is 1.11 bits per heavy atom. The fourth-order valence-corrected chi connectivity index (χ4v) is 7.71. The van der Waals surface area contributed by atoms with Crippen LogP contribution in [0, 0.1) is 5.41 Å². The minimum atomic E-state index is 0.0681. The first-order chi connectivity index (χ1) is 17.4. The molecule has 0 aromatic heterocycles. The molecule has 2 aliphatic rings. The van der Waals surface area contributed by atoms with Crippen LogP contribution in [0.4, 0.5) is 0 Å². The molecule has 0 saturated heterocycles. The molecule has 4 rings (SSSR count). The van der Waals surface area contributed by atoms with Crippen LogP contribution in [0.2, 0.25) is 0 Å². The Morgan fingerprint density at radius 2 is 0.838 bits per heavy atom. The molecule has 200 valence electrons. The number of rotatable bonds is 8. The number of allylic oxidation sites excluding steroid dienone is 2. The summed E-state index contributed by atoms with van der Waals surface area (Å²) >= 11 is 0. The van der Waals surface area contributed by atoms with Crippen molar-refractivity contribution in [2.75, 3.05) is 0 Å². The van der Waals surface area contributed by atoms with Crippen LogP contribution in [0.5, 0.6) is 0 Å². The normalized spacial score (nSPS) is 19.2. The van der Waals surface area contributed by atoms with Gasteiger partial charge in [-0.25, -0.2) is 0 Å². The van der Waals surface area contributed by atoms with Crippen molar-refractivity contribution < 1.29 is 0 Å². The average molecular weight is 497 g/mol. The van der Waals surface area contributed by atoms with Crippen molar-refractivity contribution in [3.05, 3.63) is 79.9 Å². The molecule has 0 fully saturated rings. The molecule has 0 aliphatic heterocycles. The second-order valence-corrected chi connectivity index (χ2v) is 13.6. The van der Waals surface area contributed by atoms with Crippen molar-refractivity contribution in [3.63, 3.8) is 0 Å². The average Bonchev–Trinajstić information content (AvgIpc) is 3.41. The maximum atomic E-state index is 2.60. The quantitative estimate of drug-likeness (QED) is 0.341. The van der Waals surface area contributed by atoms with E-state index in [4.69, 9.17) is 0 Å². The van der Waals surface area contributed by atoms with Gasteiger partial charge in [0, 0.05) is 11.8 Å². The van der Waals surface area contributed by atoms with Gasteiger partial charge in [0.1, 0.15) is 0 Å². The molecule has 2 aromatic carbocycles. The summed E-state index contributed by atoms with van der Waals surface area (Å²) in [5, 5.41) is 0. The van der Waals surface area contributed by atoms with Crippen LogP contribution < -0.4 is 0 Å². The minimum absolute atomic E-state index is 0.0681. The van der Waals surface area contributed by atoms with Crippen molar-refractivity contribution >= 4 is 12.2 Å². The van der Waals surface area contributed by atoms with E-state index in [1.807, 2.05) is 0 Å². The molecule has 2 aromatic rings. The Labute approximate surface area is 228 Å². The highest BCUT2D eigenvalue weighted by Crippen LogP contribution is 2.62. The zero-order valence-electron chi connectivity index (χ0n) is 25.8. The van der Waals surface area contributed by atoms with Crippen LogP contribution in [-0.2, 0) is 0 Å². The first-order valence-corrected chi connectivity index (χ1v) is 15.1. The molecular weight excluding hydrogens is 444 g/mol. The van der Waals surface area contributed by atoms with E-state index in [0.29, 0.717) is 35.5 Å². The van der Waals surface area contributed by atoms with Gasteiger partial charge in [0.25, 0.3) is 0 Å². The minimum Gasteiger partial charge on any atom is -0.0618 e. The molecule has 2 atom stereocenters. The molecule has 0 spiro atoms. The monoisotopic (exact) mass is 496 g/mol. The van der Waals surface area contributed by atoms with Crippen molar-refractivity contribution in [2.45, 2.75) is 131 Å². The maximum absolute atomic E-state index is 2.60. The van der Waals surface area contributed by atoms with Gasteiger partial charge in [-0.1, -0.05) is 131 Å². The molecule has 37 heavy (non-hydrogen) atoms. The molecule has 0 amide bonds. The van der Waals surface area contributed by atoms with E-state index in [9.17, 15) is 0 Å². The Morgan fingerprint density at radius 1 is 0.541 bits per heavy atom. The number of hydrogen-bond acceptors (Lipinski definition) is 0. The molecule has 0 radical (unpaired) electrons. The number of benzene rings is 2. The van der Waals surface area contributed by atoms with Crippen molar-refractivity contribution in [1.82, 2.24) is 0 Å². The largest absolute Gasteiger partial charge is 0.0618 e. The van der Waals surface area contributed by atoms with E-state index in [0.717, 1.165) is 12.8 Å². The summed E-state index contributed by atoms with van der Waals surface area (Å²) < 4.78 is 0. The van der Waals surface area contributed by atoms with Crippen LogP contribution in [0.1, 0.15) is 176 Å². The summed E-state index contributed by atoms with van der Waals surface area (Å²) in [6, 6.07) is 9.77. The fraction of sp³-hybridized carbons (Fsp3) is 0.568. The summed E-state index contributed by atoms with van der Waals surface area (Å²) in [6.07, 6.45) is 7.43. The summed E-state index contributed by atoms with van der Waals surface area (Å²) in [5.74, 6) is 2.99. The first-order valence-electron chi connectivity index (χ1n) is 15.1. The molecule has 0 N–H and O–H groups in total. The second-order valence-electron chi connectivity index (χ2n) is 13.6. The third kappa shape index (κ3) is 4.47. The summed E-state index contributed by atoms with van der Waals surface area (Å²) in [6.45, 7) is 28.9. The third-order valence-corrected chi connectivity index (χ3v) is 9.48. The predicted octanol–water partition coefficient (Wildman–Crippen LogP) is 11.7. The lowest BCUT2D eigenvalue weighted by atomic mass is 9.60. The van der Waals surface area contributed by atoms with E-state index < -0.39 is 0 Å². The fourth-order valence-electron chi connectivity index (χ4n) is 7.71. The molecule has 0 nitrogen and oxygen atoms in total. The van der Waals surface area contributed by atoms with Crippen LogP contribution in [0.15, 0.2) is 35.4 Å². The smallest absolute Gasteiger partial charge is 0.0120 e. The Hall–Kier alpha value is -2.08. The predicted molar refractivity (Wildman–Crippen MR) is 165 cm³/mol. The first kappa shape index (κ1) is 27.9. The van der Waals surface area contributed by atoms with E-state index in [-0.39, 0.29) is 5.41 Å². The highest BCUT2D eigenvalue weighted by molar-refractivity contribution is 5.76. The van der Waals surface area contributed by atoms with Crippen LogP contribution in [0.25, 0.3) is 12.2 Å². The van der Waals surface area contributed by atoms with Gasteiger partial charge in [0.2, 0.25) is 0 Å². The van der Waals surface area contributed by atoms with E-state index in [1.165, 1.54) is 22.3 Å². The van der Waals surface area contributed by atoms with Gasteiger partial charge in [0.15, 0.2) is 0 Å². The highest BCUT2D eigenvalue weighted by atomic mass is 14.5. The van der Waals surface area contributed by atoms with Gasteiger partial charge in [-0.15, -0.1) is 0 Å². The number of fused-ring (bicyclic) bond motifs is 2. The summed E-state index contributed by atoms with van der Waals surface area (Å²) in [7, 11) is 0. The van der Waals surface area contributed by atoms with Gasteiger partial charge >= 0.3 is 0 Å². The second kappa shape index (κ2) is 10.2. The molecule has 0 heteroatoms.